The van der Waals surface area contributed by atoms with Crippen molar-refractivity contribution in [3.8, 4) is 0 Å². The third-order valence-corrected chi connectivity index (χ3v) is 3.26. The molecule has 0 aromatic carbocycles. The van der Waals surface area contributed by atoms with E-state index >= 15 is 0 Å². The summed E-state index contributed by atoms with van der Waals surface area (Å²) in [4.78, 5) is 6.78. The number of likely N-dealkylation sites (N-methyl/N-ethyl adjacent to an activating group) is 2. The molecule has 5 heteroatoms. The molecule has 5 nitrogen and oxygen atoms in total. The van der Waals surface area contributed by atoms with E-state index in [4.69, 9.17) is 4.74 Å². The van der Waals surface area contributed by atoms with Crippen LogP contribution in [0.25, 0.3) is 0 Å². The zero-order valence-electron chi connectivity index (χ0n) is 11.4. The Labute approximate surface area is 105 Å². The van der Waals surface area contributed by atoms with E-state index < -0.39 is 0 Å². The molecule has 0 saturated carbocycles. The summed E-state index contributed by atoms with van der Waals surface area (Å²) < 4.78 is 5.02. The zero-order valence-corrected chi connectivity index (χ0v) is 11.4. The minimum Gasteiger partial charge on any atom is -0.390 e. The van der Waals surface area contributed by atoms with Crippen molar-refractivity contribution >= 4 is 0 Å². The zero-order chi connectivity index (χ0) is 12.7. The molecule has 0 bridgehead atoms. The monoisotopic (exact) mass is 245 g/mol. The van der Waals surface area contributed by atoms with Gasteiger partial charge in [0.1, 0.15) is 0 Å². The van der Waals surface area contributed by atoms with Crippen LogP contribution in [0.2, 0.25) is 0 Å². The fourth-order valence-corrected chi connectivity index (χ4v) is 2.08. The Kier molecular flexibility index (Phi) is 6.99. The van der Waals surface area contributed by atoms with Gasteiger partial charge < -0.3 is 19.6 Å². The van der Waals surface area contributed by atoms with Crippen LogP contribution in [-0.2, 0) is 4.74 Å². The Hall–Kier alpha value is -0.200. The second-order valence-electron chi connectivity index (χ2n) is 5.01. The molecule has 1 unspecified atom stereocenters. The van der Waals surface area contributed by atoms with Crippen molar-refractivity contribution in [2.45, 2.75) is 6.10 Å². The Morgan fingerprint density at radius 2 is 1.94 bits per heavy atom. The number of aliphatic hydroxyl groups is 1. The second kappa shape index (κ2) is 8.00. The van der Waals surface area contributed by atoms with Gasteiger partial charge in [0.2, 0.25) is 0 Å². The average Bonchev–Trinajstić information content (AvgIpc) is 2.29. The standard InChI is InChI=1S/C12H27N3O2/c1-13-4-6-15(7-5-13)11-12(16)10-14(2)8-9-17-3/h12,16H,4-11H2,1-3H3. The number of nitrogens with zero attached hydrogens (tertiary/aromatic N) is 3. The van der Waals surface area contributed by atoms with Crippen molar-refractivity contribution in [3.05, 3.63) is 0 Å². The van der Waals surface area contributed by atoms with Crippen LogP contribution < -0.4 is 0 Å². The van der Waals surface area contributed by atoms with Crippen LogP contribution in [0.1, 0.15) is 0 Å². The summed E-state index contributed by atoms with van der Waals surface area (Å²) >= 11 is 0. The largest absolute Gasteiger partial charge is 0.390 e. The number of hydrogen-bond donors (Lipinski definition) is 1. The van der Waals surface area contributed by atoms with E-state index in [0.29, 0.717) is 0 Å². The van der Waals surface area contributed by atoms with E-state index in [1.807, 2.05) is 7.05 Å². The van der Waals surface area contributed by atoms with E-state index in [-0.39, 0.29) is 6.10 Å². The van der Waals surface area contributed by atoms with E-state index in [2.05, 4.69) is 21.7 Å². The highest BCUT2D eigenvalue weighted by molar-refractivity contribution is 4.73. The van der Waals surface area contributed by atoms with Crippen LogP contribution in [0.5, 0.6) is 0 Å². The molecular weight excluding hydrogens is 218 g/mol. The molecule has 1 fully saturated rings. The van der Waals surface area contributed by atoms with Crippen LogP contribution in [0, 0.1) is 0 Å². The highest BCUT2D eigenvalue weighted by Gasteiger charge is 2.17. The molecule has 0 aromatic rings. The van der Waals surface area contributed by atoms with Crippen LogP contribution in [0.4, 0.5) is 0 Å². The first-order valence-electron chi connectivity index (χ1n) is 6.38. The maximum Gasteiger partial charge on any atom is 0.0793 e. The molecule has 1 heterocycles. The molecule has 1 saturated heterocycles. The lowest BCUT2D eigenvalue weighted by atomic mass is 10.2. The van der Waals surface area contributed by atoms with Crippen LogP contribution >= 0.6 is 0 Å². The lowest BCUT2D eigenvalue weighted by Crippen LogP contribution is -2.48. The Balaban J connectivity index is 2.13. The summed E-state index contributed by atoms with van der Waals surface area (Å²) in [5, 5.41) is 10.00. The van der Waals surface area contributed by atoms with Gasteiger partial charge in [-0.1, -0.05) is 0 Å². The predicted molar refractivity (Wildman–Crippen MR) is 69.3 cm³/mol. The highest BCUT2D eigenvalue weighted by Crippen LogP contribution is 2.01. The summed E-state index contributed by atoms with van der Waals surface area (Å²) in [6.07, 6.45) is -0.264. The van der Waals surface area contributed by atoms with Crippen molar-refractivity contribution in [1.82, 2.24) is 14.7 Å². The van der Waals surface area contributed by atoms with Gasteiger partial charge in [0.25, 0.3) is 0 Å². The van der Waals surface area contributed by atoms with Gasteiger partial charge in [-0.25, -0.2) is 0 Å². The first kappa shape index (κ1) is 14.9. The molecule has 17 heavy (non-hydrogen) atoms. The first-order chi connectivity index (χ1) is 8.11. The number of piperazine rings is 1. The summed E-state index contributed by atoms with van der Waals surface area (Å²) in [5.74, 6) is 0. The van der Waals surface area contributed by atoms with Gasteiger partial charge in [-0.05, 0) is 14.1 Å². The topological polar surface area (TPSA) is 39.2 Å². The number of β-amino-alcohol motifs (C(OH)–C–C–N with tert-alkyl or cyclic N) is 1. The van der Waals surface area contributed by atoms with E-state index in [9.17, 15) is 5.11 Å². The van der Waals surface area contributed by atoms with Crippen molar-refractivity contribution < 1.29 is 9.84 Å². The van der Waals surface area contributed by atoms with Gasteiger partial charge in [-0.2, -0.15) is 0 Å². The molecule has 0 aromatic heterocycles. The van der Waals surface area contributed by atoms with E-state index in [1.165, 1.54) is 0 Å². The van der Waals surface area contributed by atoms with Crippen molar-refractivity contribution in [1.29, 1.82) is 0 Å². The van der Waals surface area contributed by atoms with Crippen molar-refractivity contribution in [3.63, 3.8) is 0 Å². The molecule has 1 aliphatic heterocycles. The van der Waals surface area contributed by atoms with Crippen LogP contribution in [0.15, 0.2) is 0 Å². The van der Waals surface area contributed by atoms with Gasteiger partial charge in [0.15, 0.2) is 0 Å². The SMILES string of the molecule is COCCN(C)CC(O)CN1CCN(C)CC1. The van der Waals surface area contributed by atoms with Gasteiger partial charge >= 0.3 is 0 Å². The normalized spacial score (nSPS) is 21.0. The minimum absolute atomic E-state index is 0.264. The molecule has 102 valence electrons. The number of hydrogen-bond acceptors (Lipinski definition) is 5. The molecular formula is C12H27N3O2. The van der Waals surface area contributed by atoms with Crippen molar-refractivity contribution in [2.24, 2.45) is 0 Å². The van der Waals surface area contributed by atoms with Gasteiger partial charge in [0.05, 0.1) is 12.7 Å². The summed E-state index contributed by atoms with van der Waals surface area (Å²) in [6, 6.07) is 0. The maximum absolute atomic E-state index is 10.00. The Morgan fingerprint density at radius 3 is 2.53 bits per heavy atom. The molecule has 0 spiro atoms. The predicted octanol–water partition coefficient (Wildman–Crippen LogP) is -0.827. The van der Waals surface area contributed by atoms with E-state index in [1.54, 1.807) is 7.11 Å². The summed E-state index contributed by atoms with van der Waals surface area (Å²) in [6.45, 7) is 7.43. The lowest BCUT2D eigenvalue weighted by molar-refractivity contribution is 0.0548. The third kappa shape index (κ3) is 6.33. The molecule has 1 aliphatic rings. The first-order valence-corrected chi connectivity index (χ1v) is 6.38. The third-order valence-electron chi connectivity index (χ3n) is 3.26. The lowest BCUT2D eigenvalue weighted by Gasteiger charge is -2.34. The summed E-state index contributed by atoms with van der Waals surface area (Å²) in [5.41, 5.74) is 0. The number of rotatable bonds is 7. The van der Waals surface area contributed by atoms with Gasteiger partial charge in [-0.3, -0.25) is 4.90 Å². The molecule has 0 amide bonds. The Morgan fingerprint density at radius 1 is 1.29 bits per heavy atom. The molecule has 0 aliphatic carbocycles. The van der Waals surface area contributed by atoms with Crippen molar-refractivity contribution in [2.75, 3.05) is 73.6 Å². The summed E-state index contributed by atoms with van der Waals surface area (Å²) in [7, 11) is 5.87. The quantitative estimate of drug-likeness (QED) is 0.634. The number of aliphatic hydroxyl groups excluding tert-OH is 1. The second-order valence-corrected chi connectivity index (χ2v) is 5.01. The molecule has 1 N–H and O–H groups in total. The van der Waals surface area contributed by atoms with Gasteiger partial charge in [-0.15, -0.1) is 0 Å². The van der Waals surface area contributed by atoms with E-state index in [0.717, 1.165) is 52.4 Å². The minimum atomic E-state index is -0.264. The highest BCUT2D eigenvalue weighted by atomic mass is 16.5. The van der Waals surface area contributed by atoms with Crippen LogP contribution in [0.3, 0.4) is 0 Å². The maximum atomic E-state index is 10.00. The average molecular weight is 245 g/mol. The van der Waals surface area contributed by atoms with Gasteiger partial charge in [0, 0.05) is 52.9 Å². The molecule has 0 radical (unpaired) electrons. The fraction of sp³-hybridized carbons (Fsp3) is 1.00. The number of methoxy groups -OCH3 is 1. The smallest absolute Gasteiger partial charge is 0.0793 e. The fourth-order valence-electron chi connectivity index (χ4n) is 2.08. The Bertz CT molecular complexity index is 196. The molecule has 1 atom stereocenters. The van der Waals surface area contributed by atoms with Crippen LogP contribution in [-0.4, -0.2) is 99.5 Å². The molecule has 1 rings (SSSR count). The number of ether oxygens (including phenoxy) is 1.